The molecule has 0 saturated heterocycles. The van der Waals surface area contributed by atoms with Crippen molar-refractivity contribution in [3.05, 3.63) is 34.9 Å². The zero-order chi connectivity index (χ0) is 14.4. The lowest BCUT2D eigenvalue weighted by atomic mass is 10.0. The number of aliphatic carboxylic acids is 1. The summed E-state index contributed by atoms with van der Waals surface area (Å²) in [5, 5.41) is 10.7. The predicted molar refractivity (Wildman–Crippen MR) is 72.1 cm³/mol. The average molecular weight is 263 g/mol. The molecule has 0 spiro atoms. The molecule has 1 aromatic carbocycles. The normalized spacial score (nSPS) is 10.5. The lowest BCUT2D eigenvalue weighted by Crippen LogP contribution is -2.27. The van der Waals surface area contributed by atoms with Crippen molar-refractivity contribution >= 4 is 18.0 Å². The van der Waals surface area contributed by atoms with E-state index in [1.807, 2.05) is 26.0 Å². The van der Waals surface area contributed by atoms with Gasteiger partial charge < -0.3 is 15.2 Å². The van der Waals surface area contributed by atoms with Gasteiger partial charge in [-0.3, -0.25) is 9.59 Å². The molecule has 0 aliphatic carbocycles. The number of carbonyl (C=O) groups is 2. The van der Waals surface area contributed by atoms with E-state index in [1.54, 1.807) is 13.2 Å². The molecule has 0 aliphatic heterocycles. The maximum Gasteiger partial charge on any atom is 0.322 e. The molecule has 5 heteroatoms. The number of methoxy groups -OCH3 is 1. The Balaban J connectivity index is 2.82. The van der Waals surface area contributed by atoms with Crippen LogP contribution in [-0.4, -0.2) is 30.6 Å². The Kier molecular flexibility index (Phi) is 5.11. The molecule has 1 amide bonds. The summed E-state index contributed by atoms with van der Waals surface area (Å²) >= 11 is 0. The topological polar surface area (TPSA) is 75.6 Å². The van der Waals surface area contributed by atoms with E-state index in [0.717, 1.165) is 22.4 Å². The third-order valence-electron chi connectivity index (χ3n) is 2.62. The fourth-order valence-electron chi connectivity index (χ4n) is 1.70. The number of carboxylic acid groups (broad SMARTS) is 1. The fraction of sp³-hybridized carbons (Fsp3) is 0.286. The van der Waals surface area contributed by atoms with Crippen LogP contribution in [0.3, 0.4) is 0 Å². The second-order valence-electron chi connectivity index (χ2n) is 4.12. The molecule has 0 bridgehead atoms. The van der Waals surface area contributed by atoms with Crippen molar-refractivity contribution in [2.75, 3.05) is 13.7 Å². The molecule has 1 aromatic rings. The second kappa shape index (κ2) is 6.58. The molecule has 2 N–H and O–H groups in total. The minimum absolute atomic E-state index is 0.385. The molecule has 0 heterocycles. The molecule has 1 rings (SSSR count). The van der Waals surface area contributed by atoms with Crippen molar-refractivity contribution in [3.63, 3.8) is 0 Å². The van der Waals surface area contributed by atoms with Crippen LogP contribution in [0.1, 0.15) is 16.7 Å². The quantitative estimate of drug-likeness (QED) is 0.790. The van der Waals surface area contributed by atoms with E-state index in [-0.39, 0.29) is 6.54 Å². The summed E-state index contributed by atoms with van der Waals surface area (Å²) < 4.78 is 5.15. The zero-order valence-electron chi connectivity index (χ0n) is 11.2. The van der Waals surface area contributed by atoms with Gasteiger partial charge in [0.05, 0.1) is 7.11 Å². The number of ether oxygens (including phenoxy) is 1. The Hall–Kier alpha value is -2.30. The maximum atomic E-state index is 11.4. The first kappa shape index (κ1) is 14.8. The molecular formula is C14H17NO4. The van der Waals surface area contributed by atoms with E-state index in [2.05, 4.69) is 5.32 Å². The van der Waals surface area contributed by atoms with Gasteiger partial charge in [0.25, 0.3) is 0 Å². The Morgan fingerprint density at radius 1 is 1.32 bits per heavy atom. The molecule has 0 fully saturated rings. The largest absolute Gasteiger partial charge is 0.497 e. The van der Waals surface area contributed by atoms with Gasteiger partial charge in [0, 0.05) is 6.08 Å². The first-order chi connectivity index (χ1) is 8.93. The number of hydrogen-bond acceptors (Lipinski definition) is 3. The molecule has 19 heavy (non-hydrogen) atoms. The van der Waals surface area contributed by atoms with Crippen molar-refractivity contribution < 1.29 is 19.4 Å². The number of aryl methyl sites for hydroxylation is 2. The van der Waals surface area contributed by atoms with E-state index in [1.165, 1.54) is 6.08 Å². The van der Waals surface area contributed by atoms with Gasteiger partial charge in [-0.15, -0.1) is 0 Å². The summed E-state index contributed by atoms with van der Waals surface area (Å²) in [6.45, 7) is 3.46. The van der Waals surface area contributed by atoms with Gasteiger partial charge >= 0.3 is 5.97 Å². The van der Waals surface area contributed by atoms with E-state index in [0.29, 0.717) is 0 Å². The summed E-state index contributed by atoms with van der Waals surface area (Å²) in [5.41, 5.74) is 2.89. The number of benzene rings is 1. The standard InChI is InChI=1S/C14H17NO4/c1-9-6-11(19-3)7-10(2)12(9)4-5-13(16)15-8-14(17)18/h4-7H,8H2,1-3H3,(H,15,16)(H,17,18)/b5-4+. The SMILES string of the molecule is COc1cc(C)c(/C=C/C(=O)NCC(=O)O)c(C)c1. The number of amides is 1. The Morgan fingerprint density at radius 3 is 2.37 bits per heavy atom. The number of carboxylic acids is 1. The average Bonchev–Trinajstić information content (AvgIpc) is 2.34. The molecule has 0 aromatic heterocycles. The smallest absolute Gasteiger partial charge is 0.322 e. The Bertz CT molecular complexity index is 497. The highest BCUT2D eigenvalue weighted by Gasteiger charge is 2.04. The fourth-order valence-corrected chi connectivity index (χ4v) is 1.70. The predicted octanol–water partition coefficient (Wildman–Crippen LogP) is 1.53. The number of hydrogen-bond donors (Lipinski definition) is 2. The minimum atomic E-state index is -1.07. The van der Waals surface area contributed by atoms with Crippen molar-refractivity contribution in [2.45, 2.75) is 13.8 Å². The van der Waals surface area contributed by atoms with Gasteiger partial charge in [0.1, 0.15) is 12.3 Å². The minimum Gasteiger partial charge on any atom is -0.497 e. The van der Waals surface area contributed by atoms with Crippen LogP contribution >= 0.6 is 0 Å². The lowest BCUT2D eigenvalue weighted by Gasteiger charge is -2.08. The van der Waals surface area contributed by atoms with Crippen molar-refractivity contribution in [1.29, 1.82) is 0 Å². The van der Waals surface area contributed by atoms with Crippen LogP contribution in [0.25, 0.3) is 6.08 Å². The van der Waals surface area contributed by atoms with Crippen LogP contribution in [0, 0.1) is 13.8 Å². The van der Waals surface area contributed by atoms with Gasteiger partial charge in [-0.2, -0.15) is 0 Å². The summed E-state index contributed by atoms with van der Waals surface area (Å²) in [6.07, 6.45) is 2.99. The Labute approximate surface area is 111 Å². The molecule has 0 radical (unpaired) electrons. The lowest BCUT2D eigenvalue weighted by molar-refractivity contribution is -0.137. The van der Waals surface area contributed by atoms with Gasteiger partial charge in [-0.05, 0) is 48.7 Å². The molecular weight excluding hydrogens is 246 g/mol. The molecule has 102 valence electrons. The van der Waals surface area contributed by atoms with Gasteiger partial charge in [-0.25, -0.2) is 0 Å². The van der Waals surface area contributed by atoms with E-state index in [4.69, 9.17) is 9.84 Å². The van der Waals surface area contributed by atoms with E-state index < -0.39 is 11.9 Å². The third-order valence-corrected chi connectivity index (χ3v) is 2.62. The van der Waals surface area contributed by atoms with E-state index >= 15 is 0 Å². The molecule has 0 unspecified atom stereocenters. The highest BCUT2D eigenvalue weighted by atomic mass is 16.5. The van der Waals surface area contributed by atoms with Crippen molar-refractivity contribution in [2.24, 2.45) is 0 Å². The van der Waals surface area contributed by atoms with E-state index in [9.17, 15) is 9.59 Å². The van der Waals surface area contributed by atoms with Crippen LogP contribution in [0.5, 0.6) is 5.75 Å². The Morgan fingerprint density at radius 2 is 1.89 bits per heavy atom. The van der Waals surface area contributed by atoms with Crippen LogP contribution in [-0.2, 0) is 9.59 Å². The van der Waals surface area contributed by atoms with Crippen LogP contribution < -0.4 is 10.1 Å². The highest BCUT2D eigenvalue weighted by Crippen LogP contribution is 2.22. The summed E-state index contributed by atoms with van der Waals surface area (Å²) in [7, 11) is 1.60. The third kappa shape index (κ3) is 4.46. The number of rotatable bonds is 5. The highest BCUT2D eigenvalue weighted by molar-refractivity contribution is 5.93. The molecule has 0 saturated carbocycles. The van der Waals surface area contributed by atoms with Crippen LogP contribution in [0.15, 0.2) is 18.2 Å². The number of nitrogens with one attached hydrogen (secondary N) is 1. The molecule has 0 aliphatic rings. The van der Waals surface area contributed by atoms with Crippen LogP contribution in [0.4, 0.5) is 0 Å². The zero-order valence-corrected chi connectivity index (χ0v) is 11.2. The maximum absolute atomic E-state index is 11.4. The van der Waals surface area contributed by atoms with Gasteiger partial charge in [-0.1, -0.05) is 0 Å². The summed E-state index contributed by atoms with van der Waals surface area (Å²) in [6, 6.07) is 3.75. The molecule has 5 nitrogen and oxygen atoms in total. The first-order valence-electron chi connectivity index (χ1n) is 5.77. The van der Waals surface area contributed by atoms with Crippen molar-refractivity contribution in [3.8, 4) is 5.75 Å². The van der Waals surface area contributed by atoms with Gasteiger partial charge in [0.2, 0.25) is 5.91 Å². The first-order valence-corrected chi connectivity index (χ1v) is 5.77. The summed E-state index contributed by atoms with van der Waals surface area (Å²) in [4.78, 5) is 21.7. The van der Waals surface area contributed by atoms with Crippen molar-refractivity contribution in [1.82, 2.24) is 5.32 Å². The van der Waals surface area contributed by atoms with Crippen LogP contribution in [0.2, 0.25) is 0 Å². The van der Waals surface area contributed by atoms with Gasteiger partial charge in [0.15, 0.2) is 0 Å². The monoisotopic (exact) mass is 263 g/mol. The second-order valence-corrected chi connectivity index (χ2v) is 4.12. The summed E-state index contributed by atoms with van der Waals surface area (Å²) in [5.74, 6) is -0.738. The molecule has 0 atom stereocenters. The number of carbonyl (C=O) groups excluding carboxylic acids is 1.